The largest absolute Gasteiger partial charge is 0.469 e. The van der Waals surface area contributed by atoms with Crippen LogP contribution in [0.15, 0.2) is 27.8 Å². The monoisotopic (exact) mass is 516 g/mol. The topological polar surface area (TPSA) is 89.5 Å². The van der Waals surface area contributed by atoms with Crippen molar-refractivity contribution in [2.24, 2.45) is 4.99 Å². The van der Waals surface area contributed by atoms with Crippen molar-refractivity contribution in [3.05, 3.63) is 35.8 Å². The molecule has 2 aromatic rings. The summed E-state index contributed by atoms with van der Waals surface area (Å²) in [6, 6.07) is 4.20. The molecule has 0 bridgehead atoms. The van der Waals surface area contributed by atoms with Crippen LogP contribution >= 0.6 is 24.0 Å². The smallest absolute Gasteiger partial charge is 0.191 e. The fourth-order valence-corrected chi connectivity index (χ4v) is 3.23. The molecule has 1 atom stereocenters. The number of rotatable bonds is 10. The molecule has 9 heteroatoms. The zero-order valence-corrected chi connectivity index (χ0v) is 19.7. The lowest BCUT2D eigenvalue weighted by atomic mass is 10.1. The van der Waals surface area contributed by atoms with E-state index in [1.807, 2.05) is 23.7 Å². The van der Waals surface area contributed by atoms with Gasteiger partial charge in [0.15, 0.2) is 11.8 Å². The Balaban J connectivity index is 0.00000300. The van der Waals surface area contributed by atoms with Crippen molar-refractivity contribution < 1.29 is 9.15 Å². The van der Waals surface area contributed by atoms with Crippen LogP contribution in [-0.2, 0) is 30.5 Å². The first-order valence-corrected chi connectivity index (χ1v) is 10.4. The van der Waals surface area contributed by atoms with E-state index in [-0.39, 0.29) is 24.0 Å². The van der Waals surface area contributed by atoms with Gasteiger partial charge in [-0.3, -0.25) is 4.99 Å². The van der Waals surface area contributed by atoms with Gasteiger partial charge in [0.05, 0.1) is 12.8 Å². The average Bonchev–Trinajstić information content (AvgIpc) is 3.36. The second kappa shape index (κ2) is 12.8. The van der Waals surface area contributed by atoms with Crippen molar-refractivity contribution >= 4 is 29.9 Å². The molecule has 0 aliphatic carbocycles. The molecule has 1 unspecified atom stereocenters. The van der Waals surface area contributed by atoms with Gasteiger partial charge in [-0.25, -0.2) is 9.67 Å². The molecule has 0 fully saturated rings. The lowest BCUT2D eigenvalue weighted by molar-refractivity contribution is 0.146. The molecule has 1 aliphatic heterocycles. The minimum absolute atomic E-state index is 0. The van der Waals surface area contributed by atoms with Crippen LogP contribution in [0, 0.1) is 0 Å². The summed E-state index contributed by atoms with van der Waals surface area (Å²) in [5, 5.41) is 11.6. The van der Waals surface area contributed by atoms with Gasteiger partial charge in [-0.05, 0) is 31.9 Å². The Labute approximate surface area is 189 Å². The Morgan fingerprint density at radius 3 is 3.07 bits per heavy atom. The second-order valence-corrected chi connectivity index (χ2v) is 6.90. The van der Waals surface area contributed by atoms with E-state index in [0.717, 1.165) is 88.3 Å². The molecule has 0 amide bonds. The van der Waals surface area contributed by atoms with Gasteiger partial charge in [-0.2, -0.15) is 5.10 Å². The summed E-state index contributed by atoms with van der Waals surface area (Å²) in [6.07, 6.45) is 6.28. The minimum Gasteiger partial charge on any atom is -0.469 e. The molecule has 0 saturated heterocycles. The first kappa shape index (κ1) is 23.7. The number of nitrogens with zero attached hydrogens (tertiary/aromatic N) is 4. The van der Waals surface area contributed by atoms with Crippen molar-refractivity contribution in [2.45, 2.75) is 58.5 Å². The molecule has 0 saturated carbocycles. The van der Waals surface area contributed by atoms with E-state index in [1.54, 1.807) is 6.26 Å². The van der Waals surface area contributed by atoms with E-state index in [1.165, 1.54) is 0 Å². The number of hydrogen-bond donors (Lipinski definition) is 2. The number of guanidine groups is 1. The number of hydrogen-bond acceptors (Lipinski definition) is 5. The fourth-order valence-electron chi connectivity index (χ4n) is 3.23. The number of aromatic nitrogens is 3. The zero-order chi connectivity index (χ0) is 19.6. The van der Waals surface area contributed by atoms with Crippen LogP contribution in [0.2, 0.25) is 0 Å². The van der Waals surface area contributed by atoms with E-state index in [0.29, 0.717) is 6.04 Å². The highest BCUT2D eigenvalue weighted by Crippen LogP contribution is 2.13. The van der Waals surface area contributed by atoms with Crippen LogP contribution in [0.25, 0.3) is 0 Å². The summed E-state index contributed by atoms with van der Waals surface area (Å²) >= 11 is 0. The Morgan fingerprint density at radius 1 is 1.41 bits per heavy atom. The van der Waals surface area contributed by atoms with Crippen molar-refractivity contribution in [2.75, 3.05) is 26.3 Å². The van der Waals surface area contributed by atoms with Gasteiger partial charge >= 0.3 is 0 Å². The number of nitrogens with one attached hydrogen (secondary N) is 2. The first-order valence-electron chi connectivity index (χ1n) is 10.4. The quantitative estimate of drug-likeness (QED) is 0.219. The summed E-state index contributed by atoms with van der Waals surface area (Å²) < 4.78 is 12.9. The Kier molecular flexibility index (Phi) is 10.5. The van der Waals surface area contributed by atoms with Crippen LogP contribution in [0.3, 0.4) is 0 Å². The molecule has 0 radical (unpaired) electrons. The molecular weight excluding hydrogens is 483 g/mol. The molecule has 3 heterocycles. The molecule has 29 heavy (non-hydrogen) atoms. The third-order valence-corrected chi connectivity index (χ3v) is 4.72. The Hall–Kier alpha value is -1.62. The third-order valence-electron chi connectivity index (χ3n) is 4.72. The van der Waals surface area contributed by atoms with E-state index < -0.39 is 0 Å². The van der Waals surface area contributed by atoms with E-state index in [4.69, 9.17) is 14.1 Å². The fraction of sp³-hybridized carbons (Fsp3) is 0.650. The number of aryl methyl sites for hydroxylation is 2. The molecule has 2 aromatic heterocycles. The van der Waals surface area contributed by atoms with E-state index in [2.05, 4.69) is 27.6 Å². The first-order chi connectivity index (χ1) is 13.8. The Bertz CT molecular complexity index is 731. The minimum atomic E-state index is 0. The Morgan fingerprint density at radius 2 is 2.31 bits per heavy atom. The van der Waals surface area contributed by atoms with Crippen molar-refractivity contribution in [1.82, 2.24) is 25.4 Å². The summed E-state index contributed by atoms with van der Waals surface area (Å²) in [4.78, 5) is 9.32. The molecule has 0 spiro atoms. The van der Waals surface area contributed by atoms with Crippen LogP contribution in [-0.4, -0.2) is 53.1 Å². The van der Waals surface area contributed by atoms with E-state index >= 15 is 0 Å². The summed E-state index contributed by atoms with van der Waals surface area (Å²) in [7, 11) is 0. The SMILES string of the molecule is CCOCCCN=C(NCCc1ccco1)NC1CCc2nc(CC)nn2C1.I. The maximum atomic E-state index is 5.41. The normalized spacial score (nSPS) is 16.2. The number of fused-ring (bicyclic) bond motifs is 1. The highest BCUT2D eigenvalue weighted by molar-refractivity contribution is 14.0. The van der Waals surface area contributed by atoms with Gasteiger partial charge in [0.1, 0.15) is 11.6 Å². The van der Waals surface area contributed by atoms with Gasteiger partial charge < -0.3 is 19.8 Å². The number of halogens is 1. The zero-order valence-electron chi connectivity index (χ0n) is 17.4. The van der Waals surface area contributed by atoms with Crippen molar-refractivity contribution in [3.63, 3.8) is 0 Å². The molecule has 0 aromatic carbocycles. The summed E-state index contributed by atoms with van der Waals surface area (Å²) in [5.74, 6) is 3.83. The van der Waals surface area contributed by atoms with Gasteiger partial charge in [-0.15, -0.1) is 24.0 Å². The molecule has 2 N–H and O–H groups in total. The van der Waals surface area contributed by atoms with Crippen LogP contribution < -0.4 is 10.6 Å². The molecule has 1 aliphatic rings. The van der Waals surface area contributed by atoms with Gasteiger partial charge in [0, 0.05) is 51.6 Å². The lowest BCUT2D eigenvalue weighted by Crippen LogP contribution is -2.47. The maximum absolute atomic E-state index is 5.41. The van der Waals surface area contributed by atoms with Crippen molar-refractivity contribution in [1.29, 1.82) is 0 Å². The predicted molar refractivity (Wildman–Crippen MR) is 124 cm³/mol. The van der Waals surface area contributed by atoms with Crippen LogP contribution in [0.1, 0.15) is 44.1 Å². The molecular formula is C20H33IN6O2. The highest BCUT2D eigenvalue weighted by Gasteiger charge is 2.22. The molecule has 162 valence electrons. The second-order valence-electron chi connectivity index (χ2n) is 6.90. The highest BCUT2D eigenvalue weighted by atomic mass is 127. The summed E-state index contributed by atoms with van der Waals surface area (Å²) in [6.45, 7) is 7.91. The molecule has 8 nitrogen and oxygen atoms in total. The standard InChI is InChI=1S/C20H32N6O2.HI/c1-3-18-24-19-9-8-16(15-26(19)25-18)23-20(21-11-6-13-27-4-2)22-12-10-17-7-5-14-28-17;/h5,7,14,16H,3-4,6,8-13,15H2,1-2H3,(H2,21,22,23);1H. The summed E-state index contributed by atoms with van der Waals surface area (Å²) in [5.41, 5.74) is 0. The van der Waals surface area contributed by atoms with Gasteiger partial charge in [-0.1, -0.05) is 6.92 Å². The number of furan rings is 1. The van der Waals surface area contributed by atoms with Crippen LogP contribution in [0.5, 0.6) is 0 Å². The number of aliphatic imine (C=N–C) groups is 1. The molecule has 3 rings (SSSR count). The predicted octanol–water partition coefficient (Wildman–Crippen LogP) is 2.57. The van der Waals surface area contributed by atoms with Gasteiger partial charge in [0.25, 0.3) is 0 Å². The number of ether oxygens (including phenoxy) is 1. The van der Waals surface area contributed by atoms with Crippen molar-refractivity contribution in [3.8, 4) is 0 Å². The third kappa shape index (κ3) is 7.61. The van der Waals surface area contributed by atoms with Gasteiger partial charge in [0.2, 0.25) is 0 Å². The maximum Gasteiger partial charge on any atom is 0.191 e. The van der Waals surface area contributed by atoms with Crippen LogP contribution in [0.4, 0.5) is 0 Å². The van der Waals surface area contributed by atoms with E-state index in [9.17, 15) is 0 Å². The lowest BCUT2D eigenvalue weighted by Gasteiger charge is -2.25. The average molecular weight is 516 g/mol.